The molecule has 0 saturated heterocycles. The van der Waals surface area contributed by atoms with E-state index < -0.39 is 0 Å². The van der Waals surface area contributed by atoms with Gasteiger partial charge in [-0.25, -0.2) is 0 Å². The van der Waals surface area contributed by atoms with Crippen molar-refractivity contribution < 1.29 is 4.74 Å². The summed E-state index contributed by atoms with van der Waals surface area (Å²) in [5.74, 6) is 3.46. The van der Waals surface area contributed by atoms with Crippen molar-refractivity contribution in [1.29, 1.82) is 0 Å². The summed E-state index contributed by atoms with van der Waals surface area (Å²) < 4.78 is 5.89. The lowest BCUT2D eigenvalue weighted by Crippen LogP contribution is -2.20. The molecule has 1 saturated carbocycles. The largest absolute Gasteiger partial charge is 0.494 e. The van der Waals surface area contributed by atoms with Gasteiger partial charge in [0.1, 0.15) is 5.75 Å². The third kappa shape index (κ3) is 7.72. The Morgan fingerprint density at radius 3 is 2.26 bits per heavy atom. The maximum atomic E-state index is 5.89. The molecule has 0 amide bonds. The van der Waals surface area contributed by atoms with Gasteiger partial charge in [-0.3, -0.25) is 0 Å². The van der Waals surface area contributed by atoms with Gasteiger partial charge in [0.2, 0.25) is 0 Å². The van der Waals surface area contributed by atoms with Crippen LogP contribution in [0.4, 0.5) is 0 Å². The number of hydrogen-bond acceptors (Lipinski definition) is 1. The predicted molar refractivity (Wildman–Crippen MR) is 119 cm³/mol. The van der Waals surface area contributed by atoms with Crippen LogP contribution in [0.15, 0.2) is 36.9 Å². The smallest absolute Gasteiger partial charge is 0.119 e. The summed E-state index contributed by atoms with van der Waals surface area (Å²) in [7, 11) is 0. The topological polar surface area (TPSA) is 9.23 Å². The fourth-order valence-corrected chi connectivity index (χ4v) is 4.70. The highest BCUT2D eigenvalue weighted by molar-refractivity contribution is 5.30. The summed E-state index contributed by atoms with van der Waals surface area (Å²) in [5.41, 5.74) is 1.48. The van der Waals surface area contributed by atoms with Gasteiger partial charge in [-0.05, 0) is 61.1 Å². The third-order valence-corrected chi connectivity index (χ3v) is 6.42. The van der Waals surface area contributed by atoms with Crippen LogP contribution < -0.4 is 4.74 Å². The van der Waals surface area contributed by atoms with Gasteiger partial charge in [-0.1, -0.05) is 83.4 Å². The Kier molecular flexibility index (Phi) is 10.6. The molecule has 1 fully saturated rings. The van der Waals surface area contributed by atoms with E-state index in [1.807, 2.05) is 0 Å². The van der Waals surface area contributed by atoms with Gasteiger partial charge in [0.05, 0.1) is 6.61 Å². The Morgan fingerprint density at radius 1 is 0.963 bits per heavy atom. The molecular weight excluding hydrogens is 328 g/mol. The van der Waals surface area contributed by atoms with E-state index in [9.17, 15) is 0 Å². The summed E-state index contributed by atoms with van der Waals surface area (Å²) in [5, 5.41) is 0. The van der Waals surface area contributed by atoms with Crippen LogP contribution in [-0.4, -0.2) is 6.61 Å². The van der Waals surface area contributed by atoms with E-state index in [-0.39, 0.29) is 0 Å². The van der Waals surface area contributed by atoms with Crippen molar-refractivity contribution in [3.63, 3.8) is 0 Å². The van der Waals surface area contributed by atoms with E-state index >= 15 is 0 Å². The van der Waals surface area contributed by atoms with Crippen molar-refractivity contribution in [3.05, 3.63) is 42.5 Å². The molecule has 1 aliphatic carbocycles. The lowest BCUT2D eigenvalue weighted by Gasteiger charge is -2.34. The quantitative estimate of drug-likeness (QED) is 0.250. The summed E-state index contributed by atoms with van der Waals surface area (Å²) in [4.78, 5) is 0. The molecule has 0 N–H and O–H groups in total. The highest BCUT2D eigenvalue weighted by Gasteiger charge is 2.27. The highest BCUT2D eigenvalue weighted by Crippen LogP contribution is 2.41. The summed E-state index contributed by atoms with van der Waals surface area (Å²) in [6.07, 6.45) is 18.1. The van der Waals surface area contributed by atoms with Crippen LogP contribution >= 0.6 is 0 Å². The van der Waals surface area contributed by atoms with E-state index in [1.165, 1.54) is 69.8 Å². The molecule has 0 bridgehead atoms. The number of benzene rings is 1. The number of ether oxygens (including phenoxy) is 1. The zero-order valence-electron chi connectivity index (χ0n) is 17.9. The maximum Gasteiger partial charge on any atom is 0.119 e. The second-order valence-electron chi connectivity index (χ2n) is 8.53. The van der Waals surface area contributed by atoms with E-state index in [1.54, 1.807) is 0 Å². The van der Waals surface area contributed by atoms with Crippen molar-refractivity contribution in [2.45, 2.75) is 96.8 Å². The Balaban J connectivity index is 1.86. The Bertz CT molecular complexity index is 495. The molecular formula is C26H42O. The van der Waals surface area contributed by atoms with Crippen molar-refractivity contribution >= 4 is 0 Å². The van der Waals surface area contributed by atoms with E-state index in [0.717, 1.165) is 37.0 Å². The van der Waals surface area contributed by atoms with Gasteiger partial charge < -0.3 is 4.74 Å². The minimum absolute atomic E-state index is 0.633. The molecule has 1 atom stereocenters. The molecule has 152 valence electrons. The molecule has 1 aromatic rings. The first-order chi connectivity index (χ1) is 13.3. The minimum Gasteiger partial charge on any atom is -0.494 e. The molecule has 1 aliphatic rings. The molecule has 1 nitrogen and oxygen atoms in total. The lowest BCUT2D eigenvalue weighted by molar-refractivity contribution is 0.230. The predicted octanol–water partition coefficient (Wildman–Crippen LogP) is 8.30. The zero-order valence-corrected chi connectivity index (χ0v) is 17.9. The summed E-state index contributed by atoms with van der Waals surface area (Å²) in [6, 6.07) is 8.95. The standard InChI is InChI=1S/C26H42O/c1-4-7-9-12-22-13-15-23(16-14-22)26(11-6-3)24-17-19-25(20-18-24)27-21-10-8-5-2/h6,17-20,22-23,26H,3-5,7-16,21H2,1-2H3/t22-,23-,26?. The summed E-state index contributed by atoms with van der Waals surface area (Å²) >= 11 is 0. The van der Waals surface area contributed by atoms with Crippen LogP contribution in [0.1, 0.15) is 102 Å². The van der Waals surface area contributed by atoms with Gasteiger partial charge in [-0.2, -0.15) is 0 Å². The molecule has 0 heterocycles. The minimum atomic E-state index is 0.633. The molecule has 2 rings (SSSR count). The van der Waals surface area contributed by atoms with Crippen LogP contribution in [0.3, 0.4) is 0 Å². The summed E-state index contributed by atoms with van der Waals surface area (Å²) in [6.45, 7) is 9.41. The molecule has 1 unspecified atom stereocenters. The molecule has 0 aromatic heterocycles. The van der Waals surface area contributed by atoms with Crippen LogP contribution in [-0.2, 0) is 0 Å². The first-order valence-electron chi connectivity index (χ1n) is 11.6. The van der Waals surface area contributed by atoms with Gasteiger partial charge >= 0.3 is 0 Å². The molecule has 1 aromatic carbocycles. The molecule has 0 spiro atoms. The van der Waals surface area contributed by atoms with E-state index in [4.69, 9.17) is 4.74 Å². The molecule has 1 heteroatoms. The fraction of sp³-hybridized carbons (Fsp3) is 0.692. The first kappa shape index (κ1) is 22.1. The van der Waals surface area contributed by atoms with E-state index in [2.05, 4.69) is 50.8 Å². The molecule has 0 aliphatic heterocycles. The number of hydrogen-bond donors (Lipinski definition) is 0. The first-order valence-corrected chi connectivity index (χ1v) is 11.6. The monoisotopic (exact) mass is 370 g/mol. The SMILES string of the molecule is C=CCC(c1ccc(OCCCCC)cc1)[C@H]1CC[C@H](CCCCC)CC1. The number of unbranched alkanes of at least 4 members (excludes halogenated alkanes) is 4. The molecule has 27 heavy (non-hydrogen) atoms. The fourth-order valence-electron chi connectivity index (χ4n) is 4.70. The van der Waals surface area contributed by atoms with Gasteiger partial charge in [-0.15, -0.1) is 6.58 Å². The third-order valence-electron chi connectivity index (χ3n) is 6.42. The Labute approximate surface area is 168 Å². The highest BCUT2D eigenvalue weighted by atomic mass is 16.5. The second kappa shape index (κ2) is 13.0. The molecule has 0 radical (unpaired) electrons. The van der Waals surface area contributed by atoms with Crippen molar-refractivity contribution in [1.82, 2.24) is 0 Å². The lowest BCUT2D eigenvalue weighted by atomic mass is 9.71. The van der Waals surface area contributed by atoms with E-state index in [0.29, 0.717) is 5.92 Å². The van der Waals surface area contributed by atoms with Gasteiger partial charge in [0.15, 0.2) is 0 Å². The zero-order chi connectivity index (χ0) is 19.3. The van der Waals surface area contributed by atoms with Crippen molar-refractivity contribution in [2.24, 2.45) is 11.8 Å². The van der Waals surface area contributed by atoms with Gasteiger partial charge in [0, 0.05) is 0 Å². The maximum absolute atomic E-state index is 5.89. The average Bonchev–Trinajstić information content (AvgIpc) is 2.71. The van der Waals surface area contributed by atoms with Gasteiger partial charge in [0.25, 0.3) is 0 Å². The van der Waals surface area contributed by atoms with Crippen molar-refractivity contribution in [2.75, 3.05) is 6.61 Å². The normalized spacial score (nSPS) is 21.0. The van der Waals surface area contributed by atoms with Crippen LogP contribution in [0.2, 0.25) is 0 Å². The van der Waals surface area contributed by atoms with Crippen LogP contribution in [0, 0.1) is 11.8 Å². The van der Waals surface area contributed by atoms with Crippen LogP contribution in [0.25, 0.3) is 0 Å². The number of allylic oxidation sites excluding steroid dienone is 1. The van der Waals surface area contributed by atoms with Crippen LogP contribution in [0.5, 0.6) is 5.75 Å². The Morgan fingerprint density at radius 2 is 1.63 bits per heavy atom. The Hall–Kier alpha value is -1.24. The average molecular weight is 371 g/mol. The number of rotatable bonds is 13. The second-order valence-corrected chi connectivity index (χ2v) is 8.53. The van der Waals surface area contributed by atoms with Crippen molar-refractivity contribution in [3.8, 4) is 5.75 Å².